The topological polar surface area (TPSA) is 62.3 Å². The molecule has 0 aliphatic rings. The molecule has 0 saturated carbocycles. The van der Waals surface area contributed by atoms with Gasteiger partial charge in [0.25, 0.3) is 0 Å². The first kappa shape index (κ1) is 19.2. The van der Waals surface area contributed by atoms with Gasteiger partial charge in [0.15, 0.2) is 0 Å². The summed E-state index contributed by atoms with van der Waals surface area (Å²) < 4.78 is 0. The second-order valence-electron chi connectivity index (χ2n) is 5.57. The molecule has 0 bridgehead atoms. The van der Waals surface area contributed by atoms with E-state index in [0.717, 1.165) is 11.1 Å². The normalized spacial score (nSPS) is 10.4. The van der Waals surface area contributed by atoms with Crippen LogP contribution in [0.5, 0.6) is 0 Å². The SMILES string of the molecule is CC(=O)N(CC(=O)NCCc1ccc(Cl)cc1Cl)Cc1ccncc1. The van der Waals surface area contributed by atoms with Crippen molar-refractivity contribution >= 4 is 35.0 Å². The Labute approximate surface area is 157 Å². The Kier molecular flexibility index (Phi) is 7.22. The van der Waals surface area contributed by atoms with Gasteiger partial charge in [0.2, 0.25) is 11.8 Å². The van der Waals surface area contributed by atoms with Crippen molar-refractivity contribution in [2.24, 2.45) is 0 Å². The predicted octanol–water partition coefficient (Wildman–Crippen LogP) is 3.10. The Morgan fingerprint density at radius 2 is 1.88 bits per heavy atom. The van der Waals surface area contributed by atoms with E-state index in [1.54, 1.807) is 24.5 Å². The third-order valence-corrected chi connectivity index (χ3v) is 4.22. The number of amides is 2. The van der Waals surface area contributed by atoms with Gasteiger partial charge in [-0.05, 0) is 41.8 Å². The molecule has 2 rings (SSSR count). The van der Waals surface area contributed by atoms with Crippen molar-refractivity contribution in [1.82, 2.24) is 15.2 Å². The molecule has 1 heterocycles. The summed E-state index contributed by atoms with van der Waals surface area (Å²) in [5.41, 5.74) is 1.83. The van der Waals surface area contributed by atoms with Crippen molar-refractivity contribution in [2.75, 3.05) is 13.1 Å². The third-order valence-electron chi connectivity index (χ3n) is 3.63. The average Bonchev–Trinajstić information content (AvgIpc) is 2.57. The van der Waals surface area contributed by atoms with Crippen LogP contribution in [0.3, 0.4) is 0 Å². The highest BCUT2D eigenvalue weighted by Gasteiger charge is 2.14. The maximum absolute atomic E-state index is 12.1. The van der Waals surface area contributed by atoms with Crippen molar-refractivity contribution in [3.8, 4) is 0 Å². The lowest BCUT2D eigenvalue weighted by molar-refractivity contribution is -0.134. The van der Waals surface area contributed by atoms with E-state index in [0.29, 0.717) is 29.6 Å². The summed E-state index contributed by atoms with van der Waals surface area (Å²) >= 11 is 12.0. The van der Waals surface area contributed by atoms with Crippen LogP contribution in [0.15, 0.2) is 42.7 Å². The quantitative estimate of drug-likeness (QED) is 0.803. The van der Waals surface area contributed by atoms with E-state index < -0.39 is 0 Å². The van der Waals surface area contributed by atoms with Gasteiger partial charge in [-0.1, -0.05) is 29.3 Å². The van der Waals surface area contributed by atoms with Crippen LogP contribution in [0, 0.1) is 0 Å². The van der Waals surface area contributed by atoms with Crippen LogP contribution in [0.1, 0.15) is 18.1 Å². The molecule has 0 fully saturated rings. The number of nitrogens with zero attached hydrogens (tertiary/aromatic N) is 2. The molecule has 0 atom stereocenters. The molecule has 7 heteroatoms. The largest absolute Gasteiger partial charge is 0.354 e. The van der Waals surface area contributed by atoms with Gasteiger partial charge in [-0.2, -0.15) is 0 Å². The molecule has 2 aromatic rings. The number of aromatic nitrogens is 1. The number of hydrogen-bond donors (Lipinski definition) is 1. The highest BCUT2D eigenvalue weighted by Crippen LogP contribution is 2.21. The molecule has 5 nitrogen and oxygen atoms in total. The molecule has 0 aliphatic carbocycles. The van der Waals surface area contributed by atoms with Gasteiger partial charge in [-0.3, -0.25) is 14.6 Å². The van der Waals surface area contributed by atoms with Gasteiger partial charge in [0.1, 0.15) is 0 Å². The van der Waals surface area contributed by atoms with Crippen molar-refractivity contribution in [2.45, 2.75) is 19.9 Å². The molecular weight excluding hydrogens is 361 g/mol. The third kappa shape index (κ3) is 6.36. The maximum Gasteiger partial charge on any atom is 0.239 e. The Bertz CT molecular complexity index is 738. The van der Waals surface area contributed by atoms with E-state index in [4.69, 9.17) is 23.2 Å². The molecular formula is C18H19Cl2N3O2. The van der Waals surface area contributed by atoms with Gasteiger partial charge in [-0.15, -0.1) is 0 Å². The standard InChI is InChI=1S/C18H19Cl2N3O2/c1-13(24)23(11-14-4-7-21-8-5-14)12-18(25)22-9-6-15-2-3-16(19)10-17(15)20/h2-5,7-8,10H,6,9,11-12H2,1H3,(H,22,25). The highest BCUT2D eigenvalue weighted by molar-refractivity contribution is 6.35. The summed E-state index contributed by atoms with van der Waals surface area (Å²) in [6.45, 7) is 2.25. The van der Waals surface area contributed by atoms with E-state index in [2.05, 4.69) is 10.3 Å². The summed E-state index contributed by atoms with van der Waals surface area (Å²) in [4.78, 5) is 29.3. The molecule has 0 radical (unpaired) electrons. The Balaban J connectivity index is 1.83. The molecule has 1 aromatic heterocycles. The molecule has 0 spiro atoms. The predicted molar refractivity (Wildman–Crippen MR) is 98.5 cm³/mol. The lowest BCUT2D eigenvalue weighted by Gasteiger charge is -2.20. The molecule has 0 saturated heterocycles. The van der Waals surface area contributed by atoms with Crippen molar-refractivity contribution in [3.63, 3.8) is 0 Å². The lowest BCUT2D eigenvalue weighted by Crippen LogP contribution is -2.39. The van der Waals surface area contributed by atoms with E-state index in [9.17, 15) is 9.59 Å². The van der Waals surface area contributed by atoms with Crippen LogP contribution in [-0.2, 0) is 22.6 Å². The molecule has 2 amide bonds. The number of carbonyl (C=O) groups excluding carboxylic acids is 2. The van der Waals surface area contributed by atoms with E-state index in [1.165, 1.54) is 11.8 Å². The van der Waals surface area contributed by atoms with Crippen LogP contribution in [0.4, 0.5) is 0 Å². The summed E-state index contributed by atoms with van der Waals surface area (Å²) in [7, 11) is 0. The minimum absolute atomic E-state index is 0.00596. The van der Waals surface area contributed by atoms with Crippen LogP contribution >= 0.6 is 23.2 Å². The van der Waals surface area contributed by atoms with Gasteiger partial charge in [0.05, 0.1) is 6.54 Å². The smallest absolute Gasteiger partial charge is 0.239 e. The number of hydrogen-bond acceptors (Lipinski definition) is 3. The molecule has 1 aromatic carbocycles. The second-order valence-corrected chi connectivity index (χ2v) is 6.41. The minimum Gasteiger partial charge on any atom is -0.354 e. The van der Waals surface area contributed by atoms with Crippen LogP contribution < -0.4 is 5.32 Å². The van der Waals surface area contributed by atoms with Gasteiger partial charge in [-0.25, -0.2) is 0 Å². The van der Waals surface area contributed by atoms with Crippen molar-refractivity contribution in [1.29, 1.82) is 0 Å². The molecule has 1 N–H and O–H groups in total. The van der Waals surface area contributed by atoms with E-state index in [-0.39, 0.29) is 18.4 Å². The zero-order valence-electron chi connectivity index (χ0n) is 13.8. The number of nitrogens with one attached hydrogen (secondary N) is 1. The van der Waals surface area contributed by atoms with Crippen LogP contribution in [-0.4, -0.2) is 34.8 Å². The Hall–Kier alpha value is -2.11. The van der Waals surface area contributed by atoms with Gasteiger partial charge in [0, 0.05) is 42.5 Å². The van der Waals surface area contributed by atoms with Gasteiger partial charge < -0.3 is 10.2 Å². The first-order valence-electron chi connectivity index (χ1n) is 7.80. The fourth-order valence-corrected chi connectivity index (χ4v) is 2.78. The van der Waals surface area contributed by atoms with Gasteiger partial charge >= 0.3 is 0 Å². The number of carbonyl (C=O) groups is 2. The number of pyridine rings is 1. The highest BCUT2D eigenvalue weighted by atomic mass is 35.5. The monoisotopic (exact) mass is 379 g/mol. The lowest BCUT2D eigenvalue weighted by atomic mass is 10.1. The Morgan fingerprint density at radius 3 is 2.52 bits per heavy atom. The zero-order valence-corrected chi connectivity index (χ0v) is 15.3. The second kappa shape index (κ2) is 9.39. The summed E-state index contributed by atoms with van der Waals surface area (Å²) in [5.74, 6) is -0.373. The van der Waals surface area contributed by atoms with Crippen molar-refractivity contribution in [3.05, 3.63) is 63.9 Å². The first-order valence-corrected chi connectivity index (χ1v) is 8.56. The number of benzene rings is 1. The summed E-state index contributed by atoms with van der Waals surface area (Å²) in [5, 5.41) is 3.96. The van der Waals surface area contributed by atoms with Crippen LogP contribution in [0.25, 0.3) is 0 Å². The van der Waals surface area contributed by atoms with Crippen LogP contribution in [0.2, 0.25) is 10.0 Å². The van der Waals surface area contributed by atoms with E-state index in [1.807, 2.05) is 18.2 Å². The molecule has 0 unspecified atom stereocenters. The number of rotatable bonds is 7. The maximum atomic E-state index is 12.1. The molecule has 132 valence electrons. The Morgan fingerprint density at radius 1 is 1.16 bits per heavy atom. The van der Waals surface area contributed by atoms with E-state index >= 15 is 0 Å². The summed E-state index contributed by atoms with van der Waals surface area (Å²) in [6.07, 6.45) is 3.90. The zero-order chi connectivity index (χ0) is 18.2. The fourth-order valence-electron chi connectivity index (χ4n) is 2.28. The average molecular weight is 380 g/mol. The summed E-state index contributed by atoms with van der Waals surface area (Å²) in [6, 6.07) is 8.90. The molecule has 25 heavy (non-hydrogen) atoms. The number of halogens is 2. The minimum atomic E-state index is -0.214. The fraction of sp³-hybridized carbons (Fsp3) is 0.278. The first-order chi connectivity index (χ1) is 12.0. The molecule has 0 aliphatic heterocycles. The van der Waals surface area contributed by atoms with Crippen molar-refractivity contribution < 1.29 is 9.59 Å².